The van der Waals surface area contributed by atoms with Gasteiger partial charge in [-0.3, -0.25) is 4.55 Å². The Morgan fingerprint density at radius 1 is 1.35 bits per heavy atom. The Morgan fingerprint density at radius 2 is 1.95 bits per heavy atom. The van der Waals surface area contributed by atoms with Crippen molar-refractivity contribution in [2.24, 2.45) is 0 Å². The second-order valence-corrected chi connectivity index (χ2v) is 6.25. The second kappa shape index (κ2) is 7.12. The summed E-state index contributed by atoms with van der Waals surface area (Å²) in [6, 6.07) is -1.04. The van der Waals surface area contributed by atoms with E-state index in [4.69, 9.17) is 14.0 Å². The number of aliphatic hydroxyl groups excluding tert-OH is 2. The number of hydrogen-bond acceptors (Lipinski definition) is 6. The number of hydrogen-bond donors (Lipinski definition) is 4. The third kappa shape index (κ3) is 4.62. The summed E-state index contributed by atoms with van der Waals surface area (Å²) >= 11 is 0. The lowest BCUT2D eigenvalue weighted by Crippen LogP contribution is -2.64. The minimum absolute atomic E-state index is 0.239. The van der Waals surface area contributed by atoms with Crippen molar-refractivity contribution in [2.45, 2.75) is 63.8 Å². The monoisotopic (exact) mass is 313 g/mol. The SMILES string of the molecule is CCC1OC(CO)[C@@H](OC(C)C)[C@H](O)[C@@H]1NS(=O)(=O)O. The zero-order valence-corrected chi connectivity index (χ0v) is 12.6. The summed E-state index contributed by atoms with van der Waals surface area (Å²) in [5, 5.41) is 19.6. The summed E-state index contributed by atoms with van der Waals surface area (Å²) in [5.41, 5.74) is 0. The molecule has 1 aliphatic rings. The molecule has 0 bridgehead atoms. The molecule has 8 nitrogen and oxygen atoms in total. The number of nitrogens with one attached hydrogen (secondary N) is 1. The highest BCUT2D eigenvalue weighted by Gasteiger charge is 2.46. The van der Waals surface area contributed by atoms with Crippen LogP contribution < -0.4 is 4.72 Å². The fourth-order valence-electron chi connectivity index (χ4n) is 2.33. The molecule has 1 fully saturated rings. The maximum absolute atomic E-state index is 11.0. The van der Waals surface area contributed by atoms with Crippen LogP contribution in [0.4, 0.5) is 0 Å². The largest absolute Gasteiger partial charge is 0.394 e. The standard InChI is InChI=1S/C11H23NO7S/c1-4-7-9(12-20(15,16)17)10(14)11(18-6(2)3)8(5-13)19-7/h6-14H,4-5H2,1-3H3,(H,15,16,17)/t7?,8?,9-,10-,11-/m1/s1. The Labute approximate surface area is 119 Å². The van der Waals surface area contributed by atoms with Gasteiger partial charge in [0, 0.05) is 0 Å². The molecule has 0 aromatic rings. The fraction of sp³-hybridized carbons (Fsp3) is 1.00. The molecule has 0 aliphatic carbocycles. The third-order valence-electron chi connectivity index (χ3n) is 3.12. The Balaban J connectivity index is 2.97. The Bertz CT molecular complexity index is 400. The lowest BCUT2D eigenvalue weighted by atomic mass is 9.92. The van der Waals surface area contributed by atoms with Gasteiger partial charge in [0.2, 0.25) is 0 Å². The first-order valence-electron chi connectivity index (χ1n) is 6.54. The summed E-state index contributed by atoms with van der Waals surface area (Å²) < 4.78 is 43.8. The van der Waals surface area contributed by atoms with Gasteiger partial charge in [0.05, 0.1) is 24.9 Å². The van der Waals surface area contributed by atoms with Crippen molar-refractivity contribution in [3.63, 3.8) is 0 Å². The summed E-state index contributed by atoms with van der Waals surface area (Å²) in [5.74, 6) is 0. The molecule has 1 saturated heterocycles. The van der Waals surface area contributed by atoms with Crippen molar-refractivity contribution < 1.29 is 32.7 Å². The topological polar surface area (TPSA) is 125 Å². The van der Waals surface area contributed by atoms with E-state index in [9.17, 15) is 18.6 Å². The van der Waals surface area contributed by atoms with Gasteiger partial charge in [-0.1, -0.05) is 6.92 Å². The van der Waals surface area contributed by atoms with Gasteiger partial charge < -0.3 is 19.7 Å². The van der Waals surface area contributed by atoms with Crippen LogP contribution in [0.1, 0.15) is 27.2 Å². The zero-order valence-electron chi connectivity index (χ0n) is 11.8. The van der Waals surface area contributed by atoms with Crippen LogP contribution in [0.5, 0.6) is 0 Å². The van der Waals surface area contributed by atoms with Crippen molar-refractivity contribution in [1.82, 2.24) is 4.72 Å². The highest BCUT2D eigenvalue weighted by molar-refractivity contribution is 7.83. The molecule has 0 radical (unpaired) electrons. The molecule has 0 aromatic carbocycles. The minimum atomic E-state index is -4.48. The average Bonchev–Trinajstić information content (AvgIpc) is 2.32. The predicted molar refractivity (Wildman–Crippen MR) is 70.5 cm³/mol. The van der Waals surface area contributed by atoms with Crippen LogP contribution in [-0.4, -0.2) is 66.4 Å². The third-order valence-corrected chi connectivity index (χ3v) is 3.69. The van der Waals surface area contributed by atoms with Crippen LogP contribution in [0, 0.1) is 0 Å². The quantitative estimate of drug-likeness (QED) is 0.467. The van der Waals surface area contributed by atoms with E-state index in [1.165, 1.54) is 0 Å². The van der Waals surface area contributed by atoms with E-state index < -0.39 is 40.8 Å². The molecular weight excluding hydrogens is 290 g/mol. The zero-order chi connectivity index (χ0) is 15.5. The van der Waals surface area contributed by atoms with Crippen LogP contribution in [0.2, 0.25) is 0 Å². The number of aliphatic hydroxyl groups is 2. The molecular formula is C11H23NO7S. The molecule has 5 atom stereocenters. The molecule has 1 aliphatic heterocycles. The van der Waals surface area contributed by atoms with Crippen LogP contribution >= 0.6 is 0 Å². The molecule has 0 spiro atoms. The van der Waals surface area contributed by atoms with Crippen molar-refractivity contribution in [3.8, 4) is 0 Å². The maximum atomic E-state index is 11.0. The normalized spacial score (nSPS) is 35.5. The molecule has 1 rings (SSSR count). The van der Waals surface area contributed by atoms with Gasteiger partial charge in [-0.05, 0) is 20.3 Å². The number of ether oxygens (including phenoxy) is 2. The van der Waals surface area contributed by atoms with Crippen LogP contribution in [0.3, 0.4) is 0 Å². The summed E-state index contributed by atoms with van der Waals surface area (Å²) in [4.78, 5) is 0. The van der Waals surface area contributed by atoms with Crippen LogP contribution in [0.15, 0.2) is 0 Å². The van der Waals surface area contributed by atoms with Crippen LogP contribution in [-0.2, 0) is 19.8 Å². The van der Waals surface area contributed by atoms with E-state index in [-0.39, 0.29) is 12.7 Å². The van der Waals surface area contributed by atoms with Crippen molar-refractivity contribution in [1.29, 1.82) is 0 Å². The molecule has 0 aromatic heterocycles. The van der Waals surface area contributed by atoms with Gasteiger partial charge in [0.15, 0.2) is 0 Å². The minimum Gasteiger partial charge on any atom is -0.394 e. The van der Waals surface area contributed by atoms with Crippen molar-refractivity contribution >= 4 is 10.3 Å². The number of rotatable bonds is 6. The first-order chi connectivity index (χ1) is 9.19. The molecule has 120 valence electrons. The van der Waals surface area contributed by atoms with Gasteiger partial charge >= 0.3 is 10.3 Å². The summed E-state index contributed by atoms with van der Waals surface area (Å²) in [6.07, 6.45) is -3.39. The summed E-state index contributed by atoms with van der Waals surface area (Å²) in [6.45, 7) is 4.88. The van der Waals surface area contributed by atoms with Gasteiger partial charge in [-0.15, -0.1) is 0 Å². The molecule has 1 heterocycles. The summed E-state index contributed by atoms with van der Waals surface area (Å²) in [7, 11) is -4.48. The molecule has 4 N–H and O–H groups in total. The van der Waals surface area contributed by atoms with Crippen LogP contribution in [0.25, 0.3) is 0 Å². The first kappa shape index (κ1) is 17.8. The second-order valence-electron chi connectivity index (χ2n) is 5.06. The lowest BCUT2D eigenvalue weighted by Gasteiger charge is -2.44. The Morgan fingerprint density at radius 3 is 2.35 bits per heavy atom. The van der Waals surface area contributed by atoms with Crippen molar-refractivity contribution in [2.75, 3.05) is 6.61 Å². The molecule has 20 heavy (non-hydrogen) atoms. The average molecular weight is 313 g/mol. The van der Waals surface area contributed by atoms with Gasteiger partial charge in [0.1, 0.15) is 18.3 Å². The molecule has 0 saturated carbocycles. The highest BCUT2D eigenvalue weighted by atomic mass is 32.2. The van der Waals surface area contributed by atoms with Crippen molar-refractivity contribution in [3.05, 3.63) is 0 Å². The Hall–Kier alpha value is -0.290. The molecule has 9 heteroatoms. The molecule has 2 unspecified atom stereocenters. The maximum Gasteiger partial charge on any atom is 0.333 e. The lowest BCUT2D eigenvalue weighted by molar-refractivity contribution is -0.217. The van der Waals surface area contributed by atoms with E-state index in [1.807, 2.05) is 4.72 Å². The van der Waals surface area contributed by atoms with E-state index >= 15 is 0 Å². The smallest absolute Gasteiger partial charge is 0.333 e. The van der Waals surface area contributed by atoms with E-state index in [0.29, 0.717) is 6.42 Å². The van der Waals surface area contributed by atoms with E-state index in [2.05, 4.69) is 0 Å². The van der Waals surface area contributed by atoms with Gasteiger partial charge in [-0.2, -0.15) is 13.1 Å². The highest BCUT2D eigenvalue weighted by Crippen LogP contribution is 2.26. The predicted octanol–water partition coefficient (Wildman–Crippen LogP) is -0.928. The first-order valence-corrected chi connectivity index (χ1v) is 7.98. The molecule has 0 amide bonds. The van der Waals surface area contributed by atoms with Gasteiger partial charge in [-0.25, -0.2) is 0 Å². The van der Waals surface area contributed by atoms with E-state index in [0.717, 1.165) is 0 Å². The van der Waals surface area contributed by atoms with E-state index in [1.54, 1.807) is 20.8 Å². The Kier molecular flexibility index (Phi) is 6.32. The van der Waals surface area contributed by atoms with Gasteiger partial charge in [0.25, 0.3) is 0 Å². The fourth-order valence-corrected chi connectivity index (χ4v) is 2.96.